The lowest BCUT2D eigenvalue weighted by Crippen LogP contribution is -2.43. The van der Waals surface area contributed by atoms with Crippen molar-refractivity contribution in [1.82, 2.24) is 35.1 Å². The van der Waals surface area contributed by atoms with Crippen molar-refractivity contribution in [3.63, 3.8) is 0 Å². The van der Waals surface area contributed by atoms with Crippen LogP contribution in [0.1, 0.15) is 90.0 Å². The summed E-state index contributed by atoms with van der Waals surface area (Å²) in [5, 5.41) is 7.34. The van der Waals surface area contributed by atoms with Crippen LogP contribution in [0.15, 0.2) is 91.0 Å². The van der Waals surface area contributed by atoms with Crippen molar-refractivity contribution in [3.8, 4) is 11.1 Å². The van der Waals surface area contributed by atoms with Crippen molar-refractivity contribution in [3.05, 3.63) is 108 Å². The molecule has 5 atom stereocenters. The van der Waals surface area contributed by atoms with E-state index >= 15 is 0 Å². The van der Waals surface area contributed by atoms with E-state index in [0.717, 1.165) is 91.8 Å². The molecule has 10 nitrogen and oxygen atoms in total. The fraction of sp³-hybridized carbons (Fsp3) is 0.380. The summed E-state index contributed by atoms with van der Waals surface area (Å²) in [5.74, 6) is 2.91. The number of hydrogen-bond donors (Lipinski definition) is 3. The number of nitrogens with zero attached hydrogens (tertiary/aromatic N) is 4. The summed E-state index contributed by atoms with van der Waals surface area (Å²) in [6.07, 6.45) is 4.08. The topological polar surface area (TPSA) is 127 Å². The second kappa shape index (κ2) is 16.2. The molecule has 7 aromatic rings. The Hall–Kier alpha value is -6.03. The molecule has 9 rings (SSSR count). The van der Waals surface area contributed by atoms with Gasteiger partial charge in [0, 0.05) is 35.7 Å². The molecular weight excluding hydrogens is 747 g/mol. The van der Waals surface area contributed by atoms with Crippen molar-refractivity contribution in [2.24, 2.45) is 23.7 Å². The van der Waals surface area contributed by atoms with Gasteiger partial charge in [0.05, 0.1) is 35.2 Å². The van der Waals surface area contributed by atoms with Crippen molar-refractivity contribution in [2.45, 2.75) is 91.9 Å². The monoisotopic (exact) mass is 801 g/mol. The molecule has 60 heavy (non-hydrogen) atoms. The molecule has 2 fully saturated rings. The minimum atomic E-state index is -0.751. The molecule has 3 N–H and O–H groups in total. The smallest absolute Gasteiger partial charge is 0.250 e. The molecule has 2 aliphatic rings. The zero-order chi connectivity index (χ0) is 41.7. The van der Waals surface area contributed by atoms with E-state index in [1.165, 1.54) is 0 Å². The van der Waals surface area contributed by atoms with Crippen LogP contribution in [-0.4, -0.2) is 60.0 Å². The molecule has 2 saturated carbocycles. The fourth-order valence-electron chi connectivity index (χ4n) is 8.94. The van der Waals surface area contributed by atoms with Gasteiger partial charge in [-0.15, -0.1) is 0 Å². The van der Waals surface area contributed by atoms with Crippen LogP contribution in [0.2, 0.25) is 0 Å². The van der Waals surface area contributed by atoms with Crippen molar-refractivity contribution in [2.75, 3.05) is 6.54 Å². The summed E-state index contributed by atoms with van der Waals surface area (Å²) >= 11 is 0. The van der Waals surface area contributed by atoms with Gasteiger partial charge in [-0.3, -0.25) is 14.4 Å². The Kier molecular flexibility index (Phi) is 10.6. The highest BCUT2D eigenvalue weighted by Gasteiger charge is 2.48. The number of benzene rings is 5. The minimum absolute atomic E-state index is 0.00366. The quantitative estimate of drug-likeness (QED) is 0.0952. The first-order chi connectivity index (χ1) is 29.1. The summed E-state index contributed by atoms with van der Waals surface area (Å²) in [5.41, 5.74) is 6.66. The highest BCUT2D eigenvalue weighted by atomic mass is 16.2. The lowest BCUT2D eigenvalue weighted by atomic mass is 9.98. The number of hydrogen-bond acceptors (Lipinski definition) is 5. The van der Waals surface area contributed by atoms with Gasteiger partial charge in [0.2, 0.25) is 17.7 Å². The second-order valence-corrected chi connectivity index (χ2v) is 17.5. The highest BCUT2D eigenvalue weighted by molar-refractivity contribution is 6.07. The summed E-state index contributed by atoms with van der Waals surface area (Å²) in [7, 11) is 0. The number of nitrogens with one attached hydrogen (secondary N) is 3. The lowest BCUT2D eigenvalue weighted by molar-refractivity contribution is -0.137. The Balaban J connectivity index is 0.955. The Bertz CT molecular complexity index is 2730. The summed E-state index contributed by atoms with van der Waals surface area (Å²) in [4.78, 5) is 61.5. The molecule has 2 heterocycles. The maximum atomic E-state index is 14.2. The summed E-state index contributed by atoms with van der Waals surface area (Å²) in [6, 6.07) is 30.5. The second-order valence-electron chi connectivity index (χ2n) is 17.5. The van der Waals surface area contributed by atoms with Crippen molar-refractivity contribution < 1.29 is 14.4 Å². The number of carbonyl (C=O) groups is 3. The van der Waals surface area contributed by atoms with E-state index in [4.69, 9.17) is 9.97 Å². The Morgan fingerprint density at radius 2 is 1.35 bits per heavy atom. The molecule has 0 saturated heterocycles. The molecule has 0 aliphatic heterocycles. The average molecular weight is 802 g/mol. The third-order valence-electron chi connectivity index (χ3n) is 13.1. The predicted octanol–water partition coefficient (Wildman–Crippen LogP) is 9.84. The summed E-state index contributed by atoms with van der Waals surface area (Å²) in [6.45, 7) is 12.2. The van der Waals surface area contributed by atoms with E-state index in [1.54, 1.807) is 4.90 Å². The zero-order valence-corrected chi connectivity index (χ0v) is 35.3. The van der Waals surface area contributed by atoms with Crippen LogP contribution in [0.3, 0.4) is 0 Å². The molecule has 308 valence electrons. The number of amides is 3. The van der Waals surface area contributed by atoms with Crippen LogP contribution in [0.25, 0.3) is 54.7 Å². The predicted molar refractivity (Wildman–Crippen MR) is 239 cm³/mol. The third-order valence-corrected chi connectivity index (χ3v) is 13.1. The van der Waals surface area contributed by atoms with Crippen molar-refractivity contribution in [1.29, 1.82) is 0 Å². The SMILES string of the molecule is CCCN(Cc1nc2c(ccc3cc(-c4ccc5c(ccc6[nH]c(CN(C(=O)C[C@@H](C)CC)C7C(C)[C@H]7C)nc65)c4)ccc32)[nH]1)C(=O)[C@H](NC(=O)C1CC1)c1ccccc1. The van der Waals surface area contributed by atoms with Crippen LogP contribution < -0.4 is 5.32 Å². The third kappa shape index (κ3) is 7.75. The van der Waals surface area contributed by atoms with Gasteiger partial charge in [-0.1, -0.05) is 108 Å². The summed E-state index contributed by atoms with van der Waals surface area (Å²) < 4.78 is 0. The van der Waals surface area contributed by atoms with E-state index in [9.17, 15) is 14.4 Å². The van der Waals surface area contributed by atoms with Gasteiger partial charge in [-0.05, 0) is 88.7 Å². The average Bonchev–Trinajstić information content (AvgIpc) is 4.11. The highest BCUT2D eigenvalue weighted by Crippen LogP contribution is 2.43. The van der Waals surface area contributed by atoms with Crippen LogP contribution in [0, 0.1) is 23.7 Å². The minimum Gasteiger partial charge on any atom is -0.340 e. The van der Waals surface area contributed by atoms with E-state index in [1.807, 2.05) is 30.3 Å². The van der Waals surface area contributed by atoms with Crippen LogP contribution in [0.5, 0.6) is 0 Å². The number of imidazole rings is 2. The molecule has 0 spiro atoms. The number of H-pyrrole nitrogens is 2. The van der Waals surface area contributed by atoms with E-state index in [0.29, 0.717) is 49.6 Å². The van der Waals surface area contributed by atoms with Gasteiger partial charge in [-0.25, -0.2) is 9.97 Å². The number of rotatable bonds is 15. The first kappa shape index (κ1) is 39.4. The van der Waals surface area contributed by atoms with E-state index < -0.39 is 6.04 Å². The first-order valence-electron chi connectivity index (χ1n) is 21.9. The molecule has 0 bridgehead atoms. The molecule has 5 aromatic carbocycles. The van der Waals surface area contributed by atoms with Gasteiger partial charge in [0.25, 0.3) is 0 Å². The van der Waals surface area contributed by atoms with Crippen LogP contribution in [-0.2, 0) is 27.5 Å². The van der Waals surface area contributed by atoms with Gasteiger partial charge in [0.1, 0.15) is 17.7 Å². The standard InChI is InChI=1S/C50H55N7O3/c1-6-23-56(50(60)45(32-11-9-8-10-12-32)55-49(59)33-13-14-33)27-42-51-40-21-17-36-25-34(15-19-38(36)46(40)53-42)35-16-20-39-37(26-35)18-22-41-47(39)54-43(52-41)28-57(48-30(4)31(48)5)44(58)24-29(3)7-2/h8-12,15-22,25-26,29-31,33,45,48H,6-7,13-14,23-24,27-28H2,1-5H3,(H,51,53)(H,52,54)(H,55,59)/t29-,30+,31?,45+,48?/m0/s1. The Morgan fingerprint density at radius 1 is 0.767 bits per heavy atom. The molecule has 2 unspecified atom stereocenters. The normalized spacial score (nSPS) is 18.5. The van der Waals surface area contributed by atoms with Crippen LogP contribution in [0.4, 0.5) is 0 Å². The van der Waals surface area contributed by atoms with Gasteiger partial charge in [0.15, 0.2) is 0 Å². The zero-order valence-electron chi connectivity index (χ0n) is 35.3. The maximum absolute atomic E-state index is 14.2. The largest absolute Gasteiger partial charge is 0.340 e. The van der Waals surface area contributed by atoms with E-state index in [-0.39, 0.29) is 29.7 Å². The molecule has 2 aromatic heterocycles. The number of aromatic nitrogens is 4. The molecule has 3 amide bonds. The Morgan fingerprint density at radius 3 is 1.88 bits per heavy atom. The van der Waals surface area contributed by atoms with E-state index in [2.05, 4.69) is 115 Å². The molecular formula is C50H55N7O3. The van der Waals surface area contributed by atoms with Crippen LogP contribution >= 0.6 is 0 Å². The number of fused-ring (bicyclic) bond motifs is 6. The molecule has 0 radical (unpaired) electrons. The van der Waals surface area contributed by atoms with Crippen molar-refractivity contribution >= 4 is 61.3 Å². The van der Waals surface area contributed by atoms with Gasteiger partial charge in [-0.2, -0.15) is 0 Å². The maximum Gasteiger partial charge on any atom is 0.250 e. The first-order valence-corrected chi connectivity index (χ1v) is 21.9. The van der Waals surface area contributed by atoms with Gasteiger partial charge >= 0.3 is 0 Å². The number of aromatic amines is 2. The van der Waals surface area contributed by atoms with Gasteiger partial charge < -0.3 is 25.1 Å². The molecule has 10 heteroatoms. The number of carbonyl (C=O) groups excluding carboxylic acids is 3. The molecule has 2 aliphatic carbocycles. The fourth-order valence-corrected chi connectivity index (χ4v) is 8.94. The lowest BCUT2D eigenvalue weighted by Gasteiger charge is -2.27. The Labute approximate surface area is 351 Å².